The average Bonchev–Trinajstić information content (AvgIpc) is 3.07. The molecule has 0 fully saturated rings. The molecule has 4 rings (SSSR count). The van der Waals surface area contributed by atoms with Gasteiger partial charge in [0.2, 0.25) is 0 Å². The van der Waals surface area contributed by atoms with Gasteiger partial charge in [-0.15, -0.1) is 11.3 Å². The van der Waals surface area contributed by atoms with Gasteiger partial charge in [0, 0.05) is 5.69 Å². The number of ether oxygens (including phenoxy) is 1. The third-order valence-electron chi connectivity index (χ3n) is 5.05. The van der Waals surface area contributed by atoms with Crippen molar-refractivity contribution in [1.29, 1.82) is 0 Å². The zero-order valence-electron chi connectivity index (χ0n) is 17.4. The second-order valence-electron chi connectivity index (χ2n) is 7.42. The Kier molecular flexibility index (Phi) is 5.50. The van der Waals surface area contributed by atoms with Gasteiger partial charge >= 0.3 is 5.97 Å². The van der Waals surface area contributed by atoms with E-state index in [-0.39, 0.29) is 12.6 Å². The maximum atomic E-state index is 12.7. The average molecular weight is 418 g/mol. The minimum atomic E-state index is -0.340. The largest absolute Gasteiger partial charge is 0.457 e. The molecule has 0 amide bonds. The molecule has 2 aromatic heterocycles. The van der Waals surface area contributed by atoms with Gasteiger partial charge in [0.25, 0.3) is 0 Å². The third-order valence-corrected chi connectivity index (χ3v) is 6.23. The molecule has 30 heavy (non-hydrogen) atoms. The number of esters is 1. The first kappa shape index (κ1) is 20.0. The van der Waals surface area contributed by atoms with Crippen molar-refractivity contribution in [3.05, 3.63) is 81.5 Å². The minimum Gasteiger partial charge on any atom is -0.457 e. The van der Waals surface area contributed by atoms with Crippen LogP contribution in [0.15, 0.2) is 48.8 Å². The molecular weight excluding hydrogens is 394 g/mol. The van der Waals surface area contributed by atoms with E-state index in [2.05, 4.69) is 48.2 Å². The summed E-state index contributed by atoms with van der Waals surface area (Å²) in [6, 6.07) is 13.9. The number of aryl methyl sites for hydroxylation is 4. The Morgan fingerprint density at radius 2 is 1.73 bits per heavy atom. The van der Waals surface area contributed by atoms with Crippen molar-refractivity contribution < 1.29 is 9.53 Å². The highest BCUT2D eigenvalue weighted by molar-refractivity contribution is 7.20. The maximum Gasteiger partial charge on any atom is 0.349 e. The molecule has 0 radical (unpaired) electrons. The van der Waals surface area contributed by atoms with Crippen LogP contribution < -0.4 is 5.32 Å². The molecule has 0 saturated carbocycles. The van der Waals surface area contributed by atoms with Crippen LogP contribution >= 0.6 is 11.3 Å². The lowest BCUT2D eigenvalue weighted by molar-refractivity contribution is 0.0478. The molecule has 5 nitrogen and oxygen atoms in total. The number of aromatic nitrogens is 2. The molecule has 4 aromatic rings. The molecule has 2 heterocycles. The van der Waals surface area contributed by atoms with Crippen LogP contribution in [0.4, 0.5) is 11.5 Å². The molecule has 0 unspecified atom stereocenters. The van der Waals surface area contributed by atoms with Crippen molar-refractivity contribution in [2.45, 2.75) is 34.3 Å². The van der Waals surface area contributed by atoms with Crippen LogP contribution in [0.5, 0.6) is 0 Å². The number of carbonyl (C=O) groups is 1. The van der Waals surface area contributed by atoms with Gasteiger partial charge in [-0.3, -0.25) is 0 Å². The summed E-state index contributed by atoms with van der Waals surface area (Å²) in [7, 11) is 0. The molecule has 0 atom stereocenters. The lowest BCUT2D eigenvalue weighted by atomic mass is 10.0. The normalized spacial score (nSPS) is 10.9. The predicted molar refractivity (Wildman–Crippen MR) is 122 cm³/mol. The minimum absolute atomic E-state index is 0.242. The van der Waals surface area contributed by atoms with E-state index >= 15 is 0 Å². The molecule has 0 aliphatic rings. The van der Waals surface area contributed by atoms with E-state index in [9.17, 15) is 4.79 Å². The number of thiophene rings is 1. The monoisotopic (exact) mass is 417 g/mol. The van der Waals surface area contributed by atoms with E-state index in [0.29, 0.717) is 10.7 Å². The Hall–Kier alpha value is -3.25. The number of rotatable bonds is 5. The number of carbonyl (C=O) groups excluding carboxylic acids is 1. The Morgan fingerprint density at radius 1 is 1.03 bits per heavy atom. The number of fused-ring (bicyclic) bond motifs is 1. The Morgan fingerprint density at radius 3 is 2.43 bits per heavy atom. The molecule has 6 heteroatoms. The van der Waals surface area contributed by atoms with Crippen LogP contribution in [0.3, 0.4) is 0 Å². The van der Waals surface area contributed by atoms with Gasteiger partial charge in [-0.1, -0.05) is 48.0 Å². The van der Waals surface area contributed by atoms with E-state index in [1.165, 1.54) is 23.2 Å². The van der Waals surface area contributed by atoms with Gasteiger partial charge in [-0.2, -0.15) is 0 Å². The Balaban J connectivity index is 1.66. The molecular formula is C24H23N3O2S. The first-order valence-electron chi connectivity index (χ1n) is 9.74. The van der Waals surface area contributed by atoms with Crippen LogP contribution in [0, 0.1) is 27.7 Å². The molecule has 152 valence electrons. The standard InChI is InChI=1S/C24H23N3O2S/c1-14-10-15(2)20(16(3)11-14)27-22-19-17(4)21(30-23(19)26-13-25-22)24(28)29-12-18-8-6-5-7-9-18/h5-11,13H,12H2,1-4H3,(H,25,26,27). The highest BCUT2D eigenvalue weighted by atomic mass is 32.1. The molecule has 2 aromatic carbocycles. The lowest BCUT2D eigenvalue weighted by Crippen LogP contribution is -2.05. The van der Waals surface area contributed by atoms with E-state index in [1.54, 1.807) is 0 Å². The summed E-state index contributed by atoms with van der Waals surface area (Å²) < 4.78 is 5.54. The van der Waals surface area contributed by atoms with Crippen LogP contribution in [-0.4, -0.2) is 15.9 Å². The molecule has 0 aliphatic carbocycles. The maximum absolute atomic E-state index is 12.7. The fourth-order valence-corrected chi connectivity index (χ4v) is 4.69. The predicted octanol–water partition coefficient (Wildman–Crippen LogP) is 6.03. The number of hydrogen-bond acceptors (Lipinski definition) is 6. The SMILES string of the molecule is Cc1cc(C)c(Nc2ncnc3sc(C(=O)OCc4ccccc4)c(C)c23)c(C)c1. The summed E-state index contributed by atoms with van der Waals surface area (Å²) >= 11 is 1.34. The second-order valence-corrected chi connectivity index (χ2v) is 8.42. The van der Waals surface area contributed by atoms with Crippen molar-refractivity contribution in [1.82, 2.24) is 9.97 Å². The van der Waals surface area contributed by atoms with Crippen LogP contribution in [-0.2, 0) is 11.3 Å². The van der Waals surface area contributed by atoms with Crippen LogP contribution in [0.25, 0.3) is 10.2 Å². The zero-order valence-corrected chi connectivity index (χ0v) is 18.3. The summed E-state index contributed by atoms with van der Waals surface area (Å²) in [6.07, 6.45) is 1.53. The highest BCUT2D eigenvalue weighted by Crippen LogP contribution is 2.36. The number of benzene rings is 2. The van der Waals surface area contributed by atoms with Crippen molar-refractivity contribution in [3.63, 3.8) is 0 Å². The van der Waals surface area contributed by atoms with E-state index < -0.39 is 0 Å². The smallest absolute Gasteiger partial charge is 0.349 e. The molecule has 1 N–H and O–H groups in total. The van der Waals surface area contributed by atoms with Gasteiger partial charge in [0.15, 0.2) is 0 Å². The first-order chi connectivity index (χ1) is 14.4. The number of nitrogens with one attached hydrogen (secondary N) is 1. The van der Waals surface area contributed by atoms with E-state index in [0.717, 1.165) is 38.2 Å². The van der Waals surface area contributed by atoms with Gasteiger partial charge in [-0.05, 0) is 49.9 Å². The highest BCUT2D eigenvalue weighted by Gasteiger charge is 2.21. The Bertz CT molecular complexity index is 1210. The summed E-state index contributed by atoms with van der Waals surface area (Å²) in [6.45, 7) is 8.40. The van der Waals surface area contributed by atoms with Gasteiger partial charge < -0.3 is 10.1 Å². The number of hydrogen-bond donors (Lipinski definition) is 1. The second kappa shape index (κ2) is 8.24. The number of anilines is 2. The molecule has 0 spiro atoms. The molecule has 0 aliphatic heterocycles. The molecule has 0 saturated heterocycles. The fraction of sp³-hybridized carbons (Fsp3) is 0.208. The summed E-state index contributed by atoms with van der Waals surface area (Å²) in [5, 5.41) is 4.32. The first-order valence-corrected chi connectivity index (χ1v) is 10.6. The third kappa shape index (κ3) is 3.91. The van der Waals surface area contributed by atoms with Crippen LogP contribution in [0.2, 0.25) is 0 Å². The van der Waals surface area contributed by atoms with Crippen molar-refractivity contribution in [3.8, 4) is 0 Å². The number of nitrogens with zero attached hydrogens (tertiary/aromatic N) is 2. The fourth-order valence-electron chi connectivity index (χ4n) is 3.65. The van der Waals surface area contributed by atoms with Crippen molar-refractivity contribution in [2.75, 3.05) is 5.32 Å². The van der Waals surface area contributed by atoms with Gasteiger partial charge in [-0.25, -0.2) is 14.8 Å². The van der Waals surface area contributed by atoms with E-state index in [4.69, 9.17) is 4.74 Å². The zero-order chi connectivity index (χ0) is 21.3. The topological polar surface area (TPSA) is 64.1 Å². The summed E-state index contributed by atoms with van der Waals surface area (Å²) in [5.74, 6) is 0.360. The summed E-state index contributed by atoms with van der Waals surface area (Å²) in [4.78, 5) is 22.9. The quantitative estimate of drug-likeness (QED) is 0.402. The van der Waals surface area contributed by atoms with Gasteiger partial charge in [0.05, 0.1) is 5.39 Å². The van der Waals surface area contributed by atoms with Gasteiger partial charge in [0.1, 0.15) is 28.5 Å². The Labute approximate surface area is 179 Å². The van der Waals surface area contributed by atoms with Crippen LogP contribution in [0.1, 0.15) is 37.5 Å². The van der Waals surface area contributed by atoms with Crippen molar-refractivity contribution >= 4 is 39.0 Å². The van der Waals surface area contributed by atoms with E-state index in [1.807, 2.05) is 37.3 Å². The molecule has 0 bridgehead atoms. The summed E-state index contributed by atoms with van der Waals surface area (Å²) in [5.41, 5.74) is 6.33. The van der Waals surface area contributed by atoms with Crippen molar-refractivity contribution in [2.24, 2.45) is 0 Å². The lowest BCUT2D eigenvalue weighted by Gasteiger charge is -2.14.